The smallest absolute Gasteiger partial charge is 0.213 e. The maximum absolute atomic E-state index is 6.14. The fourth-order valence-electron chi connectivity index (χ4n) is 1.87. The van der Waals surface area contributed by atoms with Crippen LogP contribution in [0.4, 0.5) is 0 Å². The zero-order chi connectivity index (χ0) is 14.8. The van der Waals surface area contributed by atoms with Crippen molar-refractivity contribution in [3.05, 3.63) is 22.8 Å². The molecule has 0 aliphatic carbocycles. The van der Waals surface area contributed by atoms with E-state index in [1.807, 2.05) is 12.1 Å². The Balaban J connectivity index is 2.47. The number of ether oxygens (including phenoxy) is 1. The molecule has 0 bridgehead atoms. The van der Waals surface area contributed by atoms with Crippen molar-refractivity contribution in [2.45, 2.75) is 33.7 Å². The van der Waals surface area contributed by atoms with Gasteiger partial charge in [-0.25, -0.2) is 4.98 Å². The van der Waals surface area contributed by atoms with Gasteiger partial charge < -0.3 is 15.0 Å². The fourth-order valence-corrected chi connectivity index (χ4v) is 2.04. The lowest BCUT2D eigenvalue weighted by atomic mass is 10.3. The number of nitrogens with one attached hydrogen (secondary N) is 1. The summed E-state index contributed by atoms with van der Waals surface area (Å²) in [6.45, 7) is 11.7. The number of aromatic nitrogens is 1. The first-order chi connectivity index (χ1) is 9.71. The molecule has 0 aromatic carbocycles. The second-order valence-electron chi connectivity index (χ2n) is 4.63. The van der Waals surface area contributed by atoms with Crippen molar-refractivity contribution in [1.29, 1.82) is 0 Å². The number of likely N-dealkylation sites (N-methyl/N-ethyl adjacent to an activating group) is 1. The summed E-state index contributed by atoms with van der Waals surface area (Å²) in [6.07, 6.45) is 1.09. The maximum Gasteiger partial charge on any atom is 0.213 e. The molecule has 20 heavy (non-hydrogen) atoms. The SMILES string of the molecule is CCCNCc1nc(OCCN(CC)CC)ccc1Cl. The summed E-state index contributed by atoms with van der Waals surface area (Å²) in [5.41, 5.74) is 0.848. The number of hydrogen-bond donors (Lipinski definition) is 1. The van der Waals surface area contributed by atoms with Crippen LogP contribution >= 0.6 is 11.6 Å². The predicted octanol–water partition coefficient (Wildman–Crippen LogP) is 2.96. The zero-order valence-electron chi connectivity index (χ0n) is 12.8. The average Bonchev–Trinajstić information content (AvgIpc) is 2.47. The molecule has 1 aromatic rings. The zero-order valence-corrected chi connectivity index (χ0v) is 13.5. The molecule has 114 valence electrons. The Bertz CT molecular complexity index is 383. The Labute approximate surface area is 127 Å². The molecular formula is C15H26ClN3O. The van der Waals surface area contributed by atoms with Crippen LogP contribution in [0.2, 0.25) is 5.02 Å². The van der Waals surface area contributed by atoms with E-state index in [2.05, 4.69) is 36.0 Å². The summed E-state index contributed by atoms with van der Waals surface area (Å²) >= 11 is 6.14. The van der Waals surface area contributed by atoms with Crippen molar-refractivity contribution in [3.8, 4) is 5.88 Å². The monoisotopic (exact) mass is 299 g/mol. The third kappa shape index (κ3) is 6.07. The molecule has 0 saturated heterocycles. The van der Waals surface area contributed by atoms with Crippen LogP contribution in [-0.2, 0) is 6.54 Å². The van der Waals surface area contributed by atoms with E-state index in [1.54, 1.807) is 0 Å². The highest BCUT2D eigenvalue weighted by Gasteiger charge is 2.05. The third-order valence-corrected chi connectivity index (χ3v) is 3.51. The van der Waals surface area contributed by atoms with E-state index in [-0.39, 0.29) is 0 Å². The first-order valence-corrected chi connectivity index (χ1v) is 7.80. The van der Waals surface area contributed by atoms with E-state index >= 15 is 0 Å². The molecule has 5 heteroatoms. The van der Waals surface area contributed by atoms with Crippen LogP contribution in [0.15, 0.2) is 12.1 Å². The molecule has 0 amide bonds. The van der Waals surface area contributed by atoms with E-state index in [9.17, 15) is 0 Å². The van der Waals surface area contributed by atoms with Gasteiger partial charge in [-0.3, -0.25) is 0 Å². The maximum atomic E-state index is 6.14. The van der Waals surface area contributed by atoms with Gasteiger partial charge in [-0.05, 0) is 32.1 Å². The molecule has 4 nitrogen and oxygen atoms in total. The van der Waals surface area contributed by atoms with Crippen molar-refractivity contribution < 1.29 is 4.74 Å². The Hall–Kier alpha value is -0.840. The standard InChI is InChI=1S/C15H26ClN3O/c1-4-9-17-12-14-13(16)7-8-15(18-14)20-11-10-19(5-2)6-3/h7-8,17H,4-6,9-12H2,1-3H3. The molecule has 1 heterocycles. The van der Waals surface area contributed by atoms with E-state index < -0.39 is 0 Å². The van der Waals surface area contributed by atoms with Gasteiger partial charge >= 0.3 is 0 Å². The lowest BCUT2D eigenvalue weighted by molar-refractivity contribution is 0.217. The third-order valence-electron chi connectivity index (χ3n) is 3.16. The van der Waals surface area contributed by atoms with E-state index in [0.29, 0.717) is 24.1 Å². The number of pyridine rings is 1. The van der Waals surface area contributed by atoms with Gasteiger partial charge in [-0.2, -0.15) is 0 Å². The number of hydrogen-bond acceptors (Lipinski definition) is 4. The Kier molecular flexibility index (Phi) is 8.58. The normalized spacial score (nSPS) is 11.1. The molecule has 0 saturated carbocycles. The minimum atomic E-state index is 0.648. The minimum absolute atomic E-state index is 0.648. The van der Waals surface area contributed by atoms with Gasteiger partial charge in [0.15, 0.2) is 0 Å². The van der Waals surface area contributed by atoms with Gasteiger partial charge in [0.2, 0.25) is 5.88 Å². The van der Waals surface area contributed by atoms with Crippen LogP contribution in [-0.4, -0.2) is 42.7 Å². The topological polar surface area (TPSA) is 37.4 Å². The Morgan fingerprint density at radius 2 is 2.00 bits per heavy atom. The molecule has 1 rings (SSSR count). The molecule has 0 aliphatic rings. The first-order valence-electron chi connectivity index (χ1n) is 7.42. The Morgan fingerprint density at radius 1 is 1.25 bits per heavy atom. The van der Waals surface area contributed by atoms with Crippen LogP contribution in [0.1, 0.15) is 32.9 Å². The van der Waals surface area contributed by atoms with Crippen molar-refractivity contribution in [2.24, 2.45) is 0 Å². The summed E-state index contributed by atoms with van der Waals surface area (Å²) in [5.74, 6) is 0.648. The van der Waals surface area contributed by atoms with Crippen LogP contribution in [0.3, 0.4) is 0 Å². The van der Waals surface area contributed by atoms with Gasteiger partial charge in [-0.1, -0.05) is 32.4 Å². The molecule has 0 atom stereocenters. The average molecular weight is 300 g/mol. The molecule has 0 spiro atoms. The van der Waals surface area contributed by atoms with Gasteiger partial charge in [-0.15, -0.1) is 0 Å². The minimum Gasteiger partial charge on any atom is -0.476 e. The summed E-state index contributed by atoms with van der Waals surface area (Å²) < 4.78 is 5.70. The fraction of sp³-hybridized carbons (Fsp3) is 0.667. The molecular weight excluding hydrogens is 274 g/mol. The summed E-state index contributed by atoms with van der Waals surface area (Å²) in [4.78, 5) is 6.78. The highest BCUT2D eigenvalue weighted by atomic mass is 35.5. The van der Waals surface area contributed by atoms with Crippen LogP contribution in [0.25, 0.3) is 0 Å². The number of nitrogens with zero attached hydrogens (tertiary/aromatic N) is 2. The van der Waals surface area contributed by atoms with Crippen LogP contribution < -0.4 is 10.1 Å². The first kappa shape index (κ1) is 17.2. The number of rotatable bonds is 10. The van der Waals surface area contributed by atoms with Crippen molar-refractivity contribution >= 4 is 11.6 Å². The molecule has 0 radical (unpaired) electrons. The highest BCUT2D eigenvalue weighted by Crippen LogP contribution is 2.17. The molecule has 0 aliphatic heterocycles. The Morgan fingerprint density at radius 3 is 2.65 bits per heavy atom. The highest BCUT2D eigenvalue weighted by molar-refractivity contribution is 6.31. The van der Waals surface area contributed by atoms with Crippen LogP contribution in [0.5, 0.6) is 5.88 Å². The molecule has 0 unspecified atom stereocenters. The summed E-state index contributed by atoms with van der Waals surface area (Å²) in [7, 11) is 0. The van der Waals surface area contributed by atoms with E-state index in [1.165, 1.54) is 0 Å². The van der Waals surface area contributed by atoms with Crippen molar-refractivity contribution in [2.75, 3.05) is 32.8 Å². The lowest BCUT2D eigenvalue weighted by Gasteiger charge is -2.18. The van der Waals surface area contributed by atoms with Crippen molar-refractivity contribution in [3.63, 3.8) is 0 Å². The van der Waals surface area contributed by atoms with Gasteiger partial charge in [0.1, 0.15) is 6.61 Å². The molecule has 1 aromatic heterocycles. The summed E-state index contributed by atoms with van der Waals surface area (Å²) in [6, 6.07) is 3.68. The lowest BCUT2D eigenvalue weighted by Crippen LogP contribution is -2.28. The molecule has 1 N–H and O–H groups in total. The van der Waals surface area contributed by atoms with Gasteiger partial charge in [0.25, 0.3) is 0 Å². The quantitative estimate of drug-likeness (QED) is 0.674. The van der Waals surface area contributed by atoms with Gasteiger partial charge in [0, 0.05) is 19.2 Å². The second kappa shape index (κ2) is 9.97. The second-order valence-corrected chi connectivity index (χ2v) is 5.04. The van der Waals surface area contributed by atoms with Crippen molar-refractivity contribution in [1.82, 2.24) is 15.2 Å². The number of halogens is 1. The van der Waals surface area contributed by atoms with Crippen LogP contribution in [0, 0.1) is 0 Å². The van der Waals surface area contributed by atoms with E-state index in [0.717, 1.165) is 38.3 Å². The molecule has 0 fully saturated rings. The predicted molar refractivity (Wildman–Crippen MR) is 84.5 cm³/mol. The summed E-state index contributed by atoms with van der Waals surface area (Å²) in [5, 5.41) is 3.99. The largest absolute Gasteiger partial charge is 0.476 e. The van der Waals surface area contributed by atoms with E-state index in [4.69, 9.17) is 16.3 Å². The van der Waals surface area contributed by atoms with Gasteiger partial charge in [0.05, 0.1) is 10.7 Å².